The molecule has 0 saturated carbocycles. The minimum absolute atomic E-state index is 0.212. The third kappa shape index (κ3) is 2.80. The van der Waals surface area contributed by atoms with Crippen LogP contribution in [0.4, 0.5) is 0 Å². The summed E-state index contributed by atoms with van der Waals surface area (Å²) in [5.41, 5.74) is 7.10. The summed E-state index contributed by atoms with van der Waals surface area (Å²) in [6.45, 7) is 2.09. The van der Waals surface area contributed by atoms with Crippen molar-refractivity contribution in [2.24, 2.45) is 5.73 Å². The van der Waals surface area contributed by atoms with Gasteiger partial charge >= 0.3 is 5.97 Å². The van der Waals surface area contributed by atoms with E-state index in [0.29, 0.717) is 6.42 Å². The van der Waals surface area contributed by atoms with Gasteiger partial charge in [-0.3, -0.25) is 4.79 Å². The van der Waals surface area contributed by atoms with Gasteiger partial charge in [0.25, 0.3) is 0 Å². The number of esters is 1. The molecule has 3 nitrogen and oxygen atoms in total. The van der Waals surface area contributed by atoms with Crippen molar-refractivity contribution in [3.63, 3.8) is 0 Å². The fourth-order valence-electron chi connectivity index (χ4n) is 1.23. The van der Waals surface area contributed by atoms with Crippen molar-refractivity contribution in [1.29, 1.82) is 0 Å². The monoisotopic (exact) mass is 213 g/mol. The fourth-order valence-corrected chi connectivity index (χ4v) is 2.25. The number of hydrogen-bond acceptors (Lipinski definition) is 4. The van der Waals surface area contributed by atoms with Crippen LogP contribution in [0.1, 0.15) is 26.2 Å². The minimum Gasteiger partial charge on any atom is -0.469 e. The molecule has 0 saturated heterocycles. The summed E-state index contributed by atoms with van der Waals surface area (Å²) < 4.78 is 4.59. The van der Waals surface area contributed by atoms with E-state index >= 15 is 0 Å². The third-order valence-corrected chi connectivity index (χ3v) is 3.22. The molecule has 1 rings (SSSR count). The van der Waals surface area contributed by atoms with Crippen LogP contribution in [0, 0.1) is 0 Å². The molecule has 78 valence electrons. The normalized spacial score (nSPS) is 16.6. The van der Waals surface area contributed by atoms with Gasteiger partial charge in [0.15, 0.2) is 0 Å². The lowest BCUT2D eigenvalue weighted by molar-refractivity contribution is -0.139. The van der Waals surface area contributed by atoms with Crippen LogP contribution < -0.4 is 5.73 Å². The van der Waals surface area contributed by atoms with E-state index in [9.17, 15) is 4.79 Å². The standard InChI is InChI=1S/C10H15NO2S/c1-3-7-4-5-8(14-10(7)11)6-9(12)13-2/h5H,3-4,6,11H2,1-2H3. The zero-order chi connectivity index (χ0) is 10.6. The second-order valence-corrected chi connectivity index (χ2v) is 4.22. The summed E-state index contributed by atoms with van der Waals surface area (Å²) in [6.07, 6.45) is 4.22. The zero-order valence-corrected chi connectivity index (χ0v) is 9.32. The number of ether oxygens (including phenoxy) is 1. The van der Waals surface area contributed by atoms with Crippen LogP contribution in [0.15, 0.2) is 21.6 Å². The molecule has 0 bridgehead atoms. The van der Waals surface area contributed by atoms with E-state index in [-0.39, 0.29) is 5.97 Å². The summed E-state index contributed by atoms with van der Waals surface area (Å²) in [5.74, 6) is -0.212. The van der Waals surface area contributed by atoms with Gasteiger partial charge < -0.3 is 10.5 Å². The molecule has 4 heteroatoms. The Kier molecular flexibility index (Phi) is 4.07. The summed E-state index contributed by atoms with van der Waals surface area (Å²) in [5, 5.41) is 0.842. The maximum absolute atomic E-state index is 11.0. The molecular weight excluding hydrogens is 198 g/mol. The Morgan fingerprint density at radius 2 is 2.43 bits per heavy atom. The second-order valence-electron chi connectivity index (χ2n) is 3.05. The first kappa shape index (κ1) is 11.2. The number of carbonyl (C=O) groups excluding carboxylic acids is 1. The Hall–Kier alpha value is -0.900. The van der Waals surface area contributed by atoms with Crippen molar-refractivity contribution in [3.05, 3.63) is 21.6 Å². The van der Waals surface area contributed by atoms with Gasteiger partial charge in [0.1, 0.15) is 0 Å². The number of methoxy groups -OCH3 is 1. The van der Waals surface area contributed by atoms with Gasteiger partial charge in [-0.05, 0) is 23.3 Å². The summed E-state index contributed by atoms with van der Waals surface area (Å²) in [4.78, 5) is 12.0. The Balaban J connectivity index is 2.55. The second kappa shape index (κ2) is 5.10. The van der Waals surface area contributed by atoms with Crippen molar-refractivity contribution in [2.75, 3.05) is 7.11 Å². The van der Waals surface area contributed by atoms with E-state index in [2.05, 4.69) is 17.7 Å². The molecule has 0 aliphatic carbocycles. The summed E-state index contributed by atoms with van der Waals surface area (Å²) >= 11 is 1.48. The Morgan fingerprint density at radius 1 is 1.71 bits per heavy atom. The lowest BCUT2D eigenvalue weighted by atomic mass is 10.1. The predicted molar refractivity (Wildman–Crippen MR) is 58.4 cm³/mol. The van der Waals surface area contributed by atoms with E-state index in [0.717, 1.165) is 22.8 Å². The average Bonchev–Trinajstić information content (AvgIpc) is 2.18. The number of nitrogens with two attached hydrogens (primary N) is 1. The fraction of sp³-hybridized carbons (Fsp3) is 0.500. The van der Waals surface area contributed by atoms with Crippen LogP contribution in [0.5, 0.6) is 0 Å². The van der Waals surface area contributed by atoms with Crippen LogP contribution >= 0.6 is 11.8 Å². The van der Waals surface area contributed by atoms with Crippen LogP contribution in [0.25, 0.3) is 0 Å². The predicted octanol–water partition coefficient (Wildman–Crippen LogP) is 2.15. The van der Waals surface area contributed by atoms with Crippen molar-refractivity contribution in [1.82, 2.24) is 0 Å². The van der Waals surface area contributed by atoms with Crippen LogP contribution in [-0.4, -0.2) is 13.1 Å². The molecule has 2 N–H and O–H groups in total. The number of thioether (sulfide) groups is 1. The van der Waals surface area contributed by atoms with Crippen LogP contribution in [0.3, 0.4) is 0 Å². The first-order valence-corrected chi connectivity index (χ1v) is 5.40. The van der Waals surface area contributed by atoms with Gasteiger partial charge in [0.2, 0.25) is 0 Å². The number of hydrogen-bond donors (Lipinski definition) is 1. The SMILES string of the molecule is CCC1=C(N)SC(CC(=O)OC)=CC1. The van der Waals surface area contributed by atoms with Gasteiger partial charge in [-0.25, -0.2) is 0 Å². The lowest BCUT2D eigenvalue weighted by Gasteiger charge is -2.15. The Morgan fingerprint density at radius 3 is 2.93 bits per heavy atom. The molecule has 0 amide bonds. The van der Waals surface area contributed by atoms with Crippen molar-refractivity contribution >= 4 is 17.7 Å². The highest BCUT2D eigenvalue weighted by atomic mass is 32.2. The van der Waals surface area contributed by atoms with E-state index in [4.69, 9.17) is 5.73 Å². The zero-order valence-electron chi connectivity index (χ0n) is 8.50. The van der Waals surface area contributed by atoms with E-state index in [1.54, 1.807) is 0 Å². The Labute approximate surface area is 88.4 Å². The molecule has 0 unspecified atom stereocenters. The third-order valence-electron chi connectivity index (χ3n) is 2.14. The topological polar surface area (TPSA) is 52.3 Å². The minimum atomic E-state index is -0.212. The average molecular weight is 213 g/mol. The molecular formula is C10H15NO2S. The molecule has 0 atom stereocenters. The molecule has 0 spiro atoms. The highest BCUT2D eigenvalue weighted by Crippen LogP contribution is 2.34. The highest BCUT2D eigenvalue weighted by Gasteiger charge is 2.14. The van der Waals surface area contributed by atoms with Gasteiger partial charge in [-0.2, -0.15) is 0 Å². The number of allylic oxidation sites excluding steroid dienone is 2. The van der Waals surface area contributed by atoms with Crippen molar-refractivity contribution in [3.8, 4) is 0 Å². The molecule has 0 aromatic heterocycles. The van der Waals surface area contributed by atoms with Gasteiger partial charge in [0, 0.05) is 0 Å². The molecule has 0 aromatic carbocycles. The molecule has 1 heterocycles. The molecule has 0 aromatic rings. The molecule has 1 aliphatic heterocycles. The highest BCUT2D eigenvalue weighted by molar-refractivity contribution is 8.06. The maximum atomic E-state index is 11.0. The van der Waals surface area contributed by atoms with Gasteiger partial charge in [-0.15, -0.1) is 0 Å². The first-order valence-electron chi connectivity index (χ1n) is 4.58. The maximum Gasteiger partial charge on any atom is 0.310 e. The first-order chi connectivity index (χ1) is 6.67. The molecule has 14 heavy (non-hydrogen) atoms. The Bertz CT molecular complexity index is 294. The molecule has 1 aliphatic rings. The van der Waals surface area contributed by atoms with Crippen molar-refractivity contribution in [2.45, 2.75) is 26.2 Å². The number of carbonyl (C=O) groups is 1. The quantitative estimate of drug-likeness (QED) is 0.730. The lowest BCUT2D eigenvalue weighted by Crippen LogP contribution is -2.06. The number of rotatable bonds is 3. The summed E-state index contributed by atoms with van der Waals surface area (Å²) in [6, 6.07) is 0. The molecule has 0 radical (unpaired) electrons. The van der Waals surface area contributed by atoms with Gasteiger partial charge in [0.05, 0.1) is 18.6 Å². The largest absolute Gasteiger partial charge is 0.469 e. The van der Waals surface area contributed by atoms with E-state index < -0.39 is 0 Å². The van der Waals surface area contributed by atoms with Crippen molar-refractivity contribution < 1.29 is 9.53 Å². The summed E-state index contributed by atoms with van der Waals surface area (Å²) in [7, 11) is 1.40. The van der Waals surface area contributed by atoms with E-state index in [1.807, 2.05) is 0 Å². The smallest absolute Gasteiger partial charge is 0.310 e. The van der Waals surface area contributed by atoms with Crippen LogP contribution in [0.2, 0.25) is 0 Å². The van der Waals surface area contributed by atoms with Crippen LogP contribution in [-0.2, 0) is 9.53 Å². The van der Waals surface area contributed by atoms with E-state index in [1.165, 1.54) is 24.4 Å². The van der Waals surface area contributed by atoms with Gasteiger partial charge in [-0.1, -0.05) is 24.8 Å². The molecule has 0 fully saturated rings.